The molecule has 4 nitrogen and oxygen atoms in total. The molecule has 1 aromatic heterocycles. The second-order valence-corrected chi connectivity index (χ2v) is 6.06. The third kappa shape index (κ3) is 3.16. The van der Waals surface area contributed by atoms with Crippen LogP contribution in [0.1, 0.15) is 0 Å². The highest BCUT2D eigenvalue weighted by atomic mass is 35.5. The lowest BCUT2D eigenvalue weighted by atomic mass is 10.3. The first-order valence-electron chi connectivity index (χ1n) is 6.49. The van der Waals surface area contributed by atoms with Crippen molar-refractivity contribution in [3.8, 4) is 5.69 Å². The lowest BCUT2D eigenvalue weighted by Gasteiger charge is -2.06. The molecule has 0 fully saturated rings. The van der Waals surface area contributed by atoms with Crippen LogP contribution in [0.15, 0.2) is 80.2 Å². The second-order valence-electron chi connectivity index (χ2n) is 4.50. The first-order valence-corrected chi connectivity index (χ1v) is 7.68. The minimum absolute atomic E-state index is 0.369. The molecule has 110 valence electrons. The normalized spacial score (nSPS) is 10.6. The fourth-order valence-corrected chi connectivity index (χ4v) is 2.93. The number of nitrogens with zero attached hydrogens (tertiary/aromatic N) is 1. The molecule has 0 aliphatic heterocycles. The highest BCUT2D eigenvalue weighted by Crippen LogP contribution is 2.25. The summed E-state index contributed by atoms with van der Waals surface area (Å²) in [6.45, 7) is 0. The largest absolute Gasteiger partial charge is 0.333 e. The summed E-state index contributed by atoms with van der Waals surface area (Å²) in [6.07, 6.45) is 0. The van der Waals surface area contributed by atoms with E-state index in [9.17, 15) is 9.59 Å². The maximum atomic E-state index is 12.2. The van der Waals surface area contributed by atoms with Crippen molar-refractivity contribution in [1.82, 2.24) is 9.55 Å². The fraction of sp³-hybridized carbons (Fsp3) is 0. The standard InChI is InChI=1S/C16H11ClN2O2S/c17-11-6-8-13(9-7-11)22-14-10-15(20)19(16(21)18-14)12-4-2-1-3-5-12/h1-10H,(H,18,21). The molecule has 0 aliphatic rings. The summed E-state index contributed by atoms with van der Waals surface area (Å²) < 4.78 is 1.10. The lowest BCUT2D eigenvalue weighted by Crippen LogP contribution is -2.33. The van der Waals surface area contributed by atoms with Crippen LogP contribution in [0.3, 0.4) is 0 Å². The van der Waals surface area contributed by atoms with Gasteiger partial charge in [-0.05, 0) is 36.4 Å². The predicted molar refractivity (Wildman–Crippen MR) is 88.2 cm³/mol. The van der Waals surface area contributed by atoms with Gasteiger partial charge in [0, 0.05) is 16.0 Å². The SMILES string of the molecule is O=c1cc(Sc2ccc(Cl)cc2)[nH]c(=O)n1-c1ccccc1. The second kappa shape index (κ2) is 6.25. The molecule has 3 rings (SSSR count). The van der Waals surface area contributed by atoms with Crippen molar-refractivity contribution in [1.29, 1.82) is 0 Å². The first kappa shape index (κ1) is 14.7. The average molecular weight is 331 g/mol. The molecule has 0 saturated carbocycles. The summed E-state index contributed by atoms with van der Waals surface area (Å²) in [6, 6.07) is 17.4. The molecule has 3 aromatic rings. The third-order valence-corrected chi connectivity index (χ3v) is 4.16. The Balaban J connectivity index is 1.98. The Hall–Kier alpha value is -2.24. The maximum absolute atomic E-state index is 12.2. The zero-order chi connectivity index (χ0) is 15.5. The first-order chi connectivity index (χ1) is 10.6. The highest BCUT2D eigenvalue weighted by Gasteiger charge is 2.07. The molecule has 0 unspecified atom stereocenters. The number of hydrogen-bond donors (Lipinski definition) is 1. The van der Waals surface area contributed by atoms with Gasteiger partial charge >= 0.3 is 5.69 Å². The molecule has 0 bridgehead atoms. The van der Waals surface area contributed by atoms with Crippen molar-refractivity contribution in [3.63, 3.8) is 0 Å². The minimum Gasteiger partial charge on any atom is -0.301 e. The number of hydrogen-bond acceptors (Lipinski definition) is 3. The molecular weight excluding hydrogens is 320 g/mol. The van der Waals surface area contributed by atoms with E-state index < -0.39 is 5.69 Å². The van der Waals surface area contributed by atoms with Crippen LogP contribution < -0.4 is 11.2 Å². The fourth-order valence-electron chi connectivity index (χ4n) is 1.98. The minimum atomic E-state index is -0.463. The number of rotatable bonds is 3. The topological polar surface area (TPSA) is 54.9 Å². The molecule has 0 spiro atoms. The Kier molecular flexibility index (Phi) is 4.18. The lowest BCUT2D eigenvalue weighted by molar-refractivity contribution is 0.832. The van der Waals surface area contributed by atoms with E-state index in [4.69, 9.17) is 11.6 Å². The van der Waals surface area contributed by atoms with Gasteiger partial charge in [-0.15, -0.1) is 0 Å². The average Bonchev–Trinajstić information content (AvgIpc) is 2.50. The van der Waals surface area contributed by atoms with Gasteiger partial charge in [-0.1, -0.05) is 41.6 Å². The quantitative estimate of drug-likeness (QED) is 0.749. The van der Waals surface area contributed by atoms with Gasteiger partial charge in [0.2, 0.25) is 0 Å². The van der Waals surface area contributed by atoms with E-state index in [1.165, 1.54) is 17.8 Å². The van der Waals surface area contributed by atoms with Crippen LogP contribution in [0.25, 0.3) is 5.69 Å². The number of aromatic nitrogens is 2. The predicted octanol–water partition coefficient (Wildman–Crippen LogP) is 3.33. The number of H-pyrrole nitrogens is 1. The Labute approximate surface area is 135 Å². The number of nitrogens with one attached hydrogen (secondary N) is 1. The van der Waals surface area contributed by atoms with E-state index in [1.807, 2.05) is 18.2 Å². The van der Waals surface area contributed by atoms with Gasteiger partial charge in [0.25, 0.3) is 5.56 Å². The smallest absolute Gasteiger partial charge is 0.301 e. The van der Waals surface area contributed by atoms with E-state index in [-0.39, 0.29) is 5.56 Å². The molecule has 0 amide bonds. The maximum Gasteiger partial charge on any atom is 0.333 e. The van der Waals surface area contributed by atoms with Crippen LogP contribution in [-0.4, -0.2) is 9.55 Å². The molecule has 6 heteroatoms. The zero-order valence-electron chi connectivity index (χ0n) is 11.3. The van der Waals surface area contributed by atoms with Crippen LogP contribution >= 0.6 is 23.4 Å². The summed E-state index contributed by atoms with van der Waals surface area (Å²) in [5.41, 5.74) is -0.293. The summed E-state index contributed by atoms with van der Waals surface area (Å²) in [5, 5.41) is 1.13. The molecule has 0 saturated heterocycles. The summed E-state index contributed by atoms with van der Waals surface area (Å²) in [4.78, 5) is 28.0. The zero-order valence-corrected chi connectivity index (χ0v) is 12.9. The van der Waals surface area contributed by atoms with Crippen molar-refractivity contribution in [2.24, 2.45) is 0 Å². The molecule has 22 heavy (non-hydrogen) atoms. The Bertz CT molecular complexity index is 871. The van der Waals surface area contributed by atoms with Gasteiger partial charge in [-0.3, -0.25) is 4.79 Å². The van der Waals surface area contributed by atoms with Crippen LogP contribution in [0.2, 0.25) is 5.02 Å². The number of para-hydroxylation sites is 1. The van der Waals surface area contributed by atoms with Crippen molar-refractivity contribution < 1.29 is 0 Å². The summed E-state index contributed by atoms with van der Waals surface area (Å²) in [7, 11) is 0. The number of benzene rings is 2. The third-order valence-electron chi connectivity index (χ3n) is 2.96. The molecule has 2 aromatic carbocycles. The van der Waals surface area contributed by atoms with E-state index >= 15 is 0 Å². The molecule has 0 atom stereocenters. The van der Waals surface area contributed by atoms with Crippen molar-refractivity contribution in [3.05, 3.63) is 86.5 Å². The van der Waals surface area contributed by atoms with Crippen molar-refractivity contribution in [2.75, 3.05) is 0 Å². The monoisotopic (exact) mass is 330 g/mol. The van der Waals surface area contributed by atoms with Gasteiger partial charge in [-0.25, -0.2) is 9.36 Å². The van der Waals surface area contributed by atoms with Crippen LogP contribution in [0.5, 0.6) is 0 Å². The molecular formula is C16H11ClN2O2S. The Morgan fingerprint density at radius 2 is 1.64 bits per heavy atom. The Morgan fingerprint density at radius 1 is 0.955 bits per heavy atom. The van der Waals surface area contributed by atoms with E-state index in [2.05, 4.69) is 4.98 Å². The van der Waals surface area contributed by atoms with Crippen LogP contribution in [-0.2, 0) is 0 Å². The van der Waals surface area contributed by atoms with Crippen LogP contribution in [0.4, 0.5) is 0 Å². The van der Waals surface area contributed by atoms with Gasteiger partial charge in [0.05, 0.1) is 10.7 Å². The number of aromatic amines is 1. The van der Waals surface area contributed by atoms with Gasteiger partial charge in [0.1, 0.15) is 0 Å². The Morgan fingerprint density at radius 3 is 2.27 bits per heavy atom. The molecule has 1 heterocycles. The van der Waals surface area contributed by atoms with Gasteiger partial charge in [-0.2, -0.15) is 0 Å². The van der Waals surface area contributed by atoms with Gasteiger partial charge < -0.3 is 4.98 Å². The summed E-state index contributed by atoms with van der Waals surface area (Å²) >= 11 is 7.13. The summed E-state index contributed by atoms with van der Waals surface area (Å²) in [5.74, 6) is 0. The van der Waals surface area contributed by atoms with E-state index in [0.29, 0.717) is 15.7 Å². The van der Waals surface area contributed by atoms with Crippen LogP contribution in [0, 0.1) is 0 Å². The molecule has 0 aliphatic carbocycles. The van der Waals surface area contributed by atoms with E-state index in [0.717, 1.165) is 9.46 Å². The van der Waals surface area contributed by atoms with Gasteiger partial charge in [0.15, 0.2) is 0 Å². The molecule has 0 radical (unpaired) electrons. The van der Waals surface area contributed by atoms with Crippen molar-refractivity contribution in [2.45, 2.75) is 9.92 Å². The molecule has 1 N–H and O–H groups in total. The highest BCUT2D eigenvalue weighted by molar-refractivity contribution is 7.99. The van der Waals surface area contributed by atoms with Crippen molar-refractivity contribution >= 4 is 23.4 Å². The van der Waals surface area contributed by atoms with E-state index in [1.54, 1.807) is 36.4 Å². The number of halogens is 1.